The molecule has 0 atom stereocenters. The van der Waals surface area contributed by atoms with E-state index in [4.69, 9.17) is 11.6 Å². The van der Waals surface area contributed by atoms with E-state index in [0.717, 1.165) is 9.39 Å². The monoisotopic (exact) mass is 390 g/mol. The minimum atomic E-state index is -0.102. The summed E-state index contributed by atoms with van der Waals surface area (Å²) in [5, 5.41) is 7.31. The molecule has 0 aliphatic carbocycles. The van der Waals surface area contributed by atoms with Crippen LogP contribution in [-0.4, -0.2) is 33.0 Å². The number of aromatic amines is 1. The van der Waals surface area contributed by atoms with Gasteiger partial charge in [0.05, 0.1) is 12.1 Å². The number of halogens is 2. The minimum absolute atomic E-state index is 0.102. The highest BCUT2D eigenvalue weighted by Crippen LogP contribution is 2.19. The fourth-order valence-corrected chi connectivity index (χ4v) is 2.35. The lowest BCUT2D eigenvalue weighted by Gasteiger charge is -2.16. The van der Waals surface area contributed by atoms with Crippen LogP contribution in [0.2, 0.25) is 5.02 Å². The third kappa shape index (κ3) is 3.44. The molecule has 0 saturated carbocycles. The van der Waals surface area contributed by atoms with E-state index in [1.165, 1.54) is 0 Å². The summed E-state index contributed by atoms with van der Waals surface area (Å²) < 4.78 is 0.866. The first kappa shape index (κ1) is 14.3. The number of carbonyl (C=O) groups excluding carboxylic acids is 1. The first-order valence-electron chi connectivity index (χ1n) is 5.56. The maximum absolute atomic E-state index is 12.3. The number of nitrogens with one attached hydrogen (secondary N) is 1. The second-order valence-electron chi connectivity index (χ2n) is 4.12. The van der Waals surface area contributed by atoms with E-state index in [0.29, 0.717) is 23.0 Å². The summed E-state index contributed by atoms with van der Waals surface area (Å²) in [6.07, 6.45) is 0. The molecule has 19 heavy (non-hydrogen) atoms. The Hall–Kier alpha value is -1.15. The molecule has 100 valence electrons. The summed E-state index contributed by atoms with van der Waals surface area (Å²) in [5.41, 5.74) is 0.586. The van der Waals surface area contributed by atoms with Crippen molar-refractivity contribution in [2.45, 2.75) is 13.5 Å². The molecule has 1 N–H and O–H groups in total. The van der Waals surface area contributed by atoms with Gasteiger partial charge in [0.1, 0.15) is 5.82 Å². The second kappa shape index (κ2) is 5.87. The molecule has 0 radical (unpaired) electrons. The molecule has 2 aromatic rings. The zero-order valence-corrected chi connectivity index (χ0v) is 13.4. The zero-order chi connectivity index (χ0) is 14.0. The molecule has 0 saturated heterocycles. The Bertz CT molecular complexity index is 614. The Morgan fingerprint density at radius 2 is 2.26 bits per heavy atom. The summed E-state index contributed by atoms with van der Waals surface area (Å²) in [4.78, 5) is 18.1. The minimum Gasteiger partial charge on any atom is -0.334 e. The van der Waals surface area contributed by atoms with Gasteiger partial charge in [0.25, 0.3) is 5.91 Å². The van der Waals surface area contributed by atoms with Gasteiger partial charge >= 0.3 is 0 Å². The van der Waals surface area contributed by atoms with Crippen LogP contribution in [0, 0.1) is 10.5 Å². The Kier molecular flexibility index (Phi) is 4.41. The van der Waals surface area contributed by atoms with Crippen molar-refractivity contribution in [3.63, 3.8) is 0 Å². The first-order chi connectivity index (χ1) is 8.97. The largest absolute Gasteiger partial charge is 0.334 e. The lowest BCUT2D eigenvalue weighted by molar-refractivity contribution is 0.0780. The Morgan fingerprint density at radius 1 is 1.53 bits per heavy atom. The van der Waals surface area contributed by atoms with Crippen LogP contribution < -0.4 is 0 Å². The zero-order valence-electron chi connectivity index (χ0n) is 10.4. The summed E-state index contributed by atoms with van der Waals surface area (Å²) in [6.45, 7) is 2.17. The van der Waals surface area contributed by atoms with Crippen molar-refractivity contribution in [3.8, 4) is 0 Å². The van der Waals surface area contributed by atoms with Crippen LogP contribution in [0.15, 0.2) is 18.2 Å². The van der Waals surface area contributed by atoms with E-state index < -0.39 is 0 Å². The molecule has 0 fully saturated rings. The van der Waals surface area contributed by atoms with Crippen molar-refractivity contribution in [2.24, 2.45) is 0 Å². The average molecular weight is 391 g/mol. The molecule has 2 rings (SSSR count). The number of hydrogen-bond acceptors (Lipinski definition) is 3. The standard InChI is InChI=1S/C12H12ClIN4O/c1-7-15-11(17-16-7)6-18(2)12(19)9-5-8(13)3-4-10(9)14/h3-5H,6H2,1-2H3,(H,15,16,17). The summed E-state index contributed by atoms with van der Waals surface area (Å²) in [6, 6.07) is 5.25. The lowest BCUT2D eigenvalue weighted by Crippen LogP contribution is -2.27. The number of benzene rings is 1. The number of amides is 1. The molecule has 1 amide bonds. The van der Waals surface area contributed by atoms with E-state index in [9.17, 15) is 4.79 Å². The van der Waals surface area contributed by atoms with E-state index >= 15 is 0 Å². The second-order valence-corrected chi connectivity index (χ2v) is 5.72. The maximum atomic E-state index is 12.3. The van der Waals surface area contributed by atoms with Gasteiger partial charge < -0.3 is 4.90 Å². The fraction of sp³-hybridized carbons (Fsp3) is 0.250. The smallest absolute Gasteiger partial charge is 0.255 e. The molecular formula is C12H12ClIN4O. The van der Waals surface area contributed by atoms with E-state index in [1.807, 2.05) is 13.0 Å². The Labute approximate surface area is 129 Å². The van der Waals surface area contributed by atoms with Crippen molar-refractivity contribution in [1.82, 2.24) is 20.1 Å². The lowest BCUT2D eigenvalue weighted by atomic mass is 10.2. The van der Waals surface area contributed by atoms with Gasteiger partial charge in [-0.1, -0.05) is 11.6 Å². The molecular weight excluding hydrogens is 379 g/mol. The number of aromatic nitrogens is 3. The van der Waals surface area contributed by atoms with Crippen LogP contribution in [-0.2, 0) is 6.54 Å². The highest BCUT2D eigenvalue weighted by Gasteiger charge is 2.17. The van der Waals surface area contributed by atoms with Gasteiger partial charge in [-0.2, -0.15) is 5.10 Å². The summed E-state index contributed by atoms with van der Waals surface area (Å²) in [5.74, 6) is 1.22. The molecule has 0 aliphatic heterocycles. The SMILES string of the molecule is Cc1nc(CN(C)C(=O)c2cc(Cl)ccc2I)n[nH]1. The van der Waals surface area contributed by atoms with Crippen molar-refractivity contribution in [3.05, 3.63) is 44.0 Å². The van der Waals surface area contributed by atoms with Crippen LogP contribution >= 0.6 is 34.2 Å². The van der Waals surface area contributed by atoms with Gasteiger partial charge in [0.15, 0.2) is 5.82 Å². The average Bonchev–Trinajstić information content (AvgIpc) is 2.77. The van der Waals surface area contributed by atoms with Crippen LogP contribution in [0.5, 0.6) is 0 Å². The number of rotatable bonds is 3. The number of nitrogens with zero attached hydrogens (tertiary/aromatic N) is 3. The van der Waals surface area contributed by atoms with Gasteiger partial charge in [-0.15, -0.1) is 0 Å². The number of hydrogen-bond donors (Lipinski definition) is 1. The topological polar surface area (TPSA) is 61.9 Å². The molecule has 1 aromatic heterocycles. The molecule has 7 heteroatoms. The predicted molar refractivity (Wildman–Crippen MR) is 81.1 cm³/mol. The first-order valence-corrected chi connectivity index (χ1v) is 7.01. The van der Waals surface area contributed by atoms with Crippen molar-refractivity contribution in [2.75, 3.05) is 7.05 Å². The highest BCUT2D eigenvalue weighted by atomic mass is 127. The van der Waals surface area contributed by atoms with E-state index in [2.05, 4.69) is 37.8 Å². The highest BCUT2D eigenvalue weighted by molar-refractivity contribution is 14.1. The molecule has 0 bridgehead atoms. The van der Waals surface area contributed by atoms with Crippen molar-refractivity contribution in [1.29, 1.82) is 0 Å². The maximum Gasteiger partial charge on any atom is 0.255 e. The van der Waals surface area contributed by atoms with Gasteiger partial charge in [0.2, 0.25) is 0 Å². The molecule has 1 heterocycles. The van der Waals surface area contributed by atoms with Crippen molar-refractivity contribution < 1.29 is 4.79 Å². The third-order valence-electron chi connectivity index (χ3n) is 2.53. The fourth-order valence-electron chi connectivity index (χ4n) is 1.61. The predicted octanol–water partition coefficient (Wildman–Crippen LogP) is 2.64. The van der Waals surface area contributed by atoms with E-state index in [-0.39, 0.29) is 5.91 Å². The van der Waals surface area contributed by atoms with Crippen LogP contribution in [0.1, 0.15) is 22.0 Å². The van der Waals surface area contributed by atoms with Crippen LogP contribution in [0.4, 0.5) is 0 Å². The summed E-state index contributed by atoms with van der Waals surface area (Å²) in [7, 11) is 1.71. The molecule has 0 unspecified atom stereocenters. The summed E-state index contributed by atoms with van der Waals surface area (Å²) >= 11 is 8.04. The quantitative estimate of drug-likeness (QED) is 0.820. The van der Waals surface area contributed by atoms with Gasteiger partial charge in [-0.25, -0.2) is 4.98 Å². The van der Waals surface area contributed by atoms with E-state index in [1.54, 1.807) is 24.1 Å². The number of H-pyrrole nitrogens is 1. The normalized spacial score (nSPS) is 10.5. The van der Waals surface area contributed by atoms with Gasteiger partial charge in [-0.3, -0.25) is 9.89 Å². The Morgan fingerprint density at radius 3 is 2.89 bits per heavy atom. The van der Waals surface area contributed by atoms with Gasteiger partial charge in [-0.05, 0) is 47.7 Å². The van der Waals surface area contributed by atoms with Crippen LogP contribution in [0.25, 0.3) is 0 Å². The molecule has 0 aliphatic rings. The molecule has 5 nitrogen and oxygen atoms in total. The molecule has 0 spiro atoms. The van der Waals surface area contributed by atoms with Gasteiger partial charge in [0, 0.05) is 15.6 Å². The van der Waals surface area contributed by atoms with Crippen LogP contribution in [0.3, 0.4) is 0 Å². The van der Waals surface area contributed by atoms with Crippen molar-refractivity contribution >= 4 is 40.1 Å². The number of carbonyl (C=O) groups is 1. The molecule has 1 aromatic carbocycles. The third-order valence-corrected chi connectivity index (χ3v) is 3.70. The number of aryl methyl sites for hydroxylation is 1. The Balaban J connectivity index is 2.16.